The quantitative estimate of drug-likeness (QED) is 0.566. The SMILES string of the molecule is CC[N+](CC)(CC)CCCNc1cc(C)ccn1. The van der Waals surface area contributed by atoms with E-state index in [4.69, 9.17) is 0 Å². The number of pyridine rings is 1. The van der Waals surface area contributed by atoms with Crippen molar-refractivity contribution in [3.05, 3.63) is 23.9 Å². The highest BCUT2D eigenvalue weighted by Gasteiger charge is 2.19. The Morgan fingerprint density at radius 3 is 2.39 bits per heavy atom. The molecular formula is C15H28N3+. The molecule has 0 aliphatic heterocycles. The topological polar surface area (TPSA) is 24.9 Å². The highest BCUT2D eigenvalue weighted by Crippen LogP contribution is 2.08. The van der Waals surface area contributed by atoms with Gasteiger partial charge in [0.1, 0.15) is 5.82 Å². The molecule has 18 heavy (non-hydrogen) atoms. The smallest absolute Gasteiger partial charge is 0.126 e. The number of aryl methyl sites for hydroxylation is 1. The molecule has 0 atom stereocenters. The molecule has 0 aliphatic carbocycles. The highest BCUT2D eigenvalue weighted by atomic mass is 15.3. The average Bonchev–Trinajstić information content (AvgIpc) is 2.40. The molecule has 3 nitrogen and oxygen atoms in total. The predicted octanol–water partition coefficient (Wildman–Crippen LogP) is 3.07. The molecule has 0 saturated carbocycles. The Labute approximate surface area is 112 Å². The molecule has 0 radical (unpaired) electrons. The van der Waals surface area contributed by atoms with Crippen LogP contribution in [0.1, 0.15) is 32.8 Å². The van der Waals surface area contributed by atoms with Crippen LogP contribution in [-0.2, 0) is 0 Å². The van der Waals surface area contributed by atoms with E-state index in [9.17, 15) is 0 Å². The van der Waals surface area contributed by atoms with Gasteiger partial charge in [0, 0.05) is 19.2 Å². The van der Waals surface area contributed by atoms with E-state index in [1.807, 2.05) is 12.3 Å². The summed E-state index contributed by atoms with van der Waals surface area (Å²) in [4.78, 5) is 4.32. The zero-order chi connectivity index (χ0) is 13.4. The van der Waals surface area contributed by atoms with Gasteiger partial charge in [-0.2, -0.15) is 0 Å². The Bertz CT molecular complexity index is 337. The summed E-state index contributed by atoms with van der Waals surface area (Å²) in [5.74, 6) is 0.998. The van der Waals surface area contributed by atoms with Crippen LogP contribution < -0.4 is 5.32 Å². The van der Waals surface area contributed by atoms with Crippen molar-refractivity contribution in [3.8, 4) is 0 Å². The van der Waals surface area contributed by atoms with Crippen molar-refractivity contribution >= 4 is 5.82 Å². The molecule has 0 saturated heterocycles. The molecular weight excluding hydrogens is 222 g/mol. The number of rotatable bonds is 8. The van der Waals surface area contributed by atoms with Crippen LogP contribution in [-0.4, -0.2) is 42.2 Å². The molecule has 102 valence electrons. The standard InChI is InChI=1S/C15H28N3/c1-5-18(6-2,7-3)12-8-10-16-15-13-14(4)9-11-17-15/h9,11,13H,5-8,10,12H2,1-4H3,(H,16,17)/q+1. The normalized spacial score (nSPS) is 11.6. The summed E-state index contributed by atoms with van der Waals surface area (Å²) in [5.41, 5.74) is 1.26. The van der Waals surface area contributed by atoms with Gasteiger partial charge in [-0.1, -0.05) is 0 Å². The van der Waals surface area contributed by atoms with Crippen molar-refractivity contribution in [2.75, 3.05) is 38.0 Å². The first kappa shape index (κ1) is 15.0. The fourth-order valence-electron chi connectivity index (χ4n) is 2.41. The minimum atomic E-state index is 0.998. The second-order valence-corrected chi connectivity index (χ2v) is 5.01. The number of nitrogens with zero attached hydrogens (tertiary/aromatic N) is 2. The summed E-state index contributed by atoms with van der Waals surface area (Å²) in [6.45, 7) is 14.9. The van der Waals surface area contributed by atoms with Crippen LogP contribution in [0, 0.1) is 6.92 Å². The van der Waals surface area contributed by atoms with Gasteiger partial charge in [0.05, 0.1) is 26.2 Å². The lowest BCUT2D eigenvalue weighted by Gasteiger charge is -2.35. The van der Waals surface area contributed by atoms with Crippen LogP contribution >= 0.6 is 0 Å². The molecule has 3 heteroatoms. The lowest BCUT2D eigenvalue weighted by atomic mass is 10.2. The second-order valence-electron chi connectivity index (χ2n) is 5.01. The summed E-state index contributed by atoms with van der Waals surface area (Å²) in [6.07, 6.45) is 3.06. The second kappa shape index (κ2) is 7.37. The fourth-order valence-corrected chi connectivity index (χ4v) is 2.41. The third-order valence-electron chi connectivity index (χ3n) is 4.04. The van der Waals surface area contributed by atoms with E-state index in [0.717, 1.165) is 12.4 Å². The minimum Gasteiger partial charge on any atom is -0.370 e. The monoisotopic (exact) mass is 250 g/mol. The van der Waals surface area contributed by atoms with E-state index in [1.165, 1.54) is 42.6 Å². The largest absolute Gasteiger partial charge is 0.370 e. The van der Waals surface area contributed by atoms with Gasteiger partial charge in [0.25, 0.3) is 0 Å². The Morgan fingerprint density at radius 2 is 1.83 bits per heavy atom. The first-order valence-corrected chi connectivity index (χ1v) is 7.17. The molecule has 1 aromatic heterocycles. The first-order valence-electron chi connectivity index (χ1n) is 7.17. The Hall–Kier alpha value is -1.09. The van der Waals surface area contributed by atoms with Crippen molar-refractivity contribution in [1.29, 1.82) is 0 Å². The molecule has 0 spiro atoms. The van der Waals surface area contributed by atoms with Crippen LogP contribution in [0.15, 0.2) is 18.3 Å². The third kappa shape index (κ3) is 4.30. The summed E-state index contributed by atoms with van der Waals surface area (Å²) in [5, 5.41) is 3.41. The van der Waals surface area contributed by atoms with Crippen molar-refractivity contribution in [2.24, 2.45) is 0 Å². The molecule has 0 aliphatic rings. The van der Waals surface area contributed by atoms with Gasteiger partial charge >= 0.3 is 0 Å². The van der Waals surface area contributed by atoms with Crippen LogP contribution in [0.2, 0.25) is 0 Å². The maximum atomic E-state index is 4.32. The van der Waals surface area contributed by atoms with Crippen molar-refractivity contribution in [2.45, 2.75) is 34.1 Å². The minimum absolute atomic E-state index is 0.998. The van der Waals surface area contributed by atoms with Gasteiger partial charge in [0.2, 0.25) is 0 Å². The van der Waals surface area contributed by atoms with Crippen LogP contribution in [0.3, 0.4) is 0 Å². The number of quaternary nitrogens is 1. The van der Waals surface area contributed by atoms with Crippen molar-refractivity contribution in [3.63, 3.8) is 0 Å². The number of hydrogen-bond donors (Lipinski definition) is 1. The molecule has 0 bridgehead atoms. The molecule has 0 unspecified atom stereocenters. The number of hydrogen-bond acceptors (Lipinski definition) is 2. The number of nitrogens with one attached hydrogen (secondary N) is 1. The third-order valence-corrected chi connectivity index (χ3v) is 4.04. The van der Waals surface area contributed by atoms with E-state index in [1.54, 1.807) is 0 Å². The summed E-state index contributed by atoms with van der Waals surface area (Å²) >= 11 is 0. The Balaban J connectivity index is 2.34. The van der Waals surface area contributed by atoms with Gasteiger partial charge in [-0.05, 0) is 45.4 Å². The molecule has 1 heterocycles. The Kier molecular flexibility index (Phi) is 6.13. The summed E-state index contributed by atoms with van der Waals surface area (Å²) in [6, 6.07) is 4.12. The zero-order valence-electron chi connectivity index (χ0n) is 12.4. The van der Waals surface area contributed by atoms with E-state index in [2.05, 4.69) is 44.1 Å². The lowest BCUT2D eigenvalue weighted by Crippen LogP contribution is -2.48. The van der Waals surface area contributed by atoms with Gasteiger partial charge in [-0.25, -0.2) is 4.98 Å². The van der Waals surface area contributed by atoms with Gasteiger partial charge in [0.15, 0.2) is 0 Å². The lowest BCUT2D eigenvalue weighted by molar-refractivity contribution is -0.923. The van der Waals surface area contributed by atoms with Gasteiger partial charge in [-0.15, -0.1) is 0 Å². The first-order chi connectivity index (χ1) is 8.65. The summed E-state index contributed by atoms with van der Waals surface area (Å²) < 4.78 is 1.23. The molecule has 1 rings (SSSR count). The number of aromatic nitrogens is 1. The zero-order valence-corrected chi connectivity index (χ0v) is 12.4. The number of anilines is 1. The molecule has 0 amide bonds. The van der Waals surface area contributed by atoms with Gasteiger partial charge in [-0.3, -0.25) is 0 Å². The van der Waals surface area contributed by atoms with Crippen molar-refractivity contribution < 1.29 is 4.48 Å². The average molecular weight is 250 g/mol. The van der Waals surface area contributed by atoms with Crippen molar-refractivity contribution in [1.82, 2.24) is 4.98 Å². The summed E-state index contributed by atoms with van der Waals surface area (Å²) in [7, 11) is 0. The van der Waals surface area contributed by atoms with Crippen LogP contribution in [0.4, 0.5) is 5.82 Å². The molecule has 0 fully saturated rings. The van der Waals surface area contributed by atoms with E-state index in [-0.39, 0.29) is 0 Å². The van der Waals surface area contributed by atoms with E-state index >= 15 is 0 Å². The van der Waals surface area contributed by atoms with Crippen LogP contribution in [0.25, 0.3) is 0 Å². The van der Waals surface area contributed by atoms with E-state index < -0.39 is 0 Å². The van der Waals surface area contributed by atoms with Gasteiger partial charge < -0.3 is 9.80 Å². The maximum Gasteiger partial charge on any atom is 0.126 e. The van der Waals surface area contributed by atoms with Crippen LogP contribution in [0.5, 0.6) is 0 Å². The fraction of sp³-hybridized carbons (Fsp3) is 0.667. The highest BCUT2D eigenvalue weighted by molar-refractivity contribution is 5.36. The molecule has 1 N–H and O–H groups in total. The maximum absolute atomic E-state index is 4.32. The van der Waals surface area contributed by atoms with E-state index in [0.29, 0.717) is 0 Å². The molecule has 0 aromatic carbocycles. The predicted molar refractivity (Wildman–Crippen MR) is 78.8 cm³/mol. The molecule has 1 aromatic rings. The Morgan fingerprint density at radius 1 is 1.17 bits per heavy atom.